The summed E-state index contributed by atoms with van der Waals surface area (Å²) in [5.41, 5.74) is 3.27. The van der Waals surface area contributed by atoms with Gasteiger partial charge in [0.05, 0.1) is 26.5 Å². The summed E-state index contributed by atoms with van der Waals surface area (Å²) in [5, 5.41) is 3.16. The number of carbonyl (C=O) groups is 1. The van der Waals surface area contributed by atoms with E-state index in [1.54, 1.807) is 38.5 Å². The van der Waals surface area contributed by atoms with Gasteiger partial charge < -0.3 is 19.2 Å². The normalized spacial score (nSPS) is 16.7. The molecule has 0 spiro atoms. The molecule has 0 radical (unpaired) electrons. The van der Waals surface area contributed by atoms with Crippen molar-refractivity contribution < 1.29 is 23.1 Å². The molecular formula is C26H29FN2O4. The van der Waals surface area contributed by atoms with Gasteiger partial charge >= 0.3 is 0 Å². The Bertz CT molecular complexity index is 1080. The highest BCUT2D eigenvalue weighted by atomic mass is 19.1. The van der Waals surface area contributed by atoms with E-state index in [0.717, 1.165) is 24.1 Å². The second kappa shape index (κ2) is 10.1. The Balaban J connectivity index is 1.72. The minimum absolute atomic E-state index is 0.109. The van der Waals surface area contributed by atoms with Crippen LogP contribution in [0.1, 0.15) is 46.6 Å². The Labute approximate surface area is 193 Å². The minimum atomic E-state index is -0.256. The van der Waals surface area contributed by atoms with Crippen LogP contribution in [0.25, 0.3) is 0 Å². The van der Waals surface area contributed by atoms with Gasteiger partial charge in [0.15, 0.2) is 17.3 Å². The molecular weight excluding hydrogens is 423 g/mol. The summed E-state index contributed by atoms with van der Waals surface area (Å²) in [7, 11) is 3.25. The number of fused-ring (bicyclic) bond motifs is 1. The molecule has 1 amide bonds. The van der Waals surface area contributed by atoms with Crippen molar-refractivity contribution in [2.24, 2.45) is 0 Å². The van der Waals surface area contributed by atoms with Gasteiger partial charge in [-0.1, -0.05) is 19.1 Å². The van der Waals surface area contributed by atoms with E-state index in [9.17, 15) is 9.18 Å². The van der Waals surface area contributed by atoms with Crippen molar-refractivity contribution in [2.45, 2.75) is 38.4 Å². The van der Waals surface area contributed by atoms with Crippen LogP contribution in [-0.4, -0.2) is 37.6 Å². The summed E-state index contributed by atoms with van der Waals surface area (Å²) in [6.07, 6.45) is 3.03. The van der Waals surface area contributed by atoms with E-state index in [1.807, 2.05) is 12.1 Å². The number of nitrogens with one attached hydrogen (secondary N) is 1. The van der Waals surface area contributed by atoms with Crippen LogP contribution in [0.2, 0.25) is 0 Å². The molecule has 0 saturated carbocycles. The van der Waals surface area contributed by atoms with Crippen molar-refractivity contribution in [2.75, 3.05) is 20.8 Å². The van der Waals surface area contributed by atoms with Crippen LogP contribution < -0.4 is 14.8 Å². The summed E-state index contributed by atoms with van der Waals surface area (Å²) in [4.78, 5) is 15.2. The number of rotatable bonds is 8. The second-order valence-corrected chi connectivity index (χ2v) is 8.16. The molecule has 33 heavy (non-hydrogen) atoms. The van der Waals surface area contributed by atoms with Gasteiger partial charge in [0, 0.05) is 19.1 Å². The molecule has 1 N–H and O–H groups in total. The number of amides is 1. The van der Waals surface area contributed by atoms with Crippen molar-refractivity contribution >= 4 is 5.91 Å². The fraction of sp³-hybridized carbons (Fsp3) is 0.346. The fourth-order valence-electron chi connectivity index (χ4n) is 4.55. The van der Waals surface area contributed by atoms with Crippen molar-refractivity contribution in [3.05, 3.63) is 83.1 Å². The van der Waals surface area contributed by atoms with E-state index in [0.29, 0.717) is 24.5 Å². The van der Waals surface area contributed by atoms with E-state index in [2.05, 4.69) is 17.1 Å². The van der Waals surface area contributed by atoms with Gasteiger partial charge in [-0.2, -0.15) is 0 Å². The molecule has 2 heterocycles. The zero-order chi connectivity index (χ0) is 23.4. The van der Waals surface area contributed by atoms with E-state index in [-0.39, 0.29) is 29.6 Å². The molecule has 0 fully saturated rings. The number of carbonyl (C=O) groups excluding carboxylic acids is 1. The Morgan fingerprint density at radius 1 is 1.18 bits per heavy atom. The maximum atomic E-state index is 13.5. The highest BCUT2D eigenvalue weighted by Crippen LogP contribution is 2.40. The first-order valence-electron chi connectivity index (χ1n) is 11.1. The number of benzene rings is 2. The maximum absolute atomic E-state index is 13.5. The lowest BCUT2D eigenvalue weighted by Gasteiger charge is -2.42. The van der Waals surface area contributed by atoms with Crippen LogP contribution >= 0.6 is 0 Å². The first-order chi connectivity index (χ1) is 16.0. The number of methoxy groups -OCH3 is 2. The molecule has 1 aliphatic rings. The lowest BCUT2D eigenvalue weighted by atomic mass is 9.86. The summed E-state index contributed by atoms with van der Waals surface area (Å²) >= 11 is 0. The van der Waals surface area contributed by atoms with E-state index < -0.39 is 0 Å². The maximum Gasteiger partial charge on any atom is 0.287 e. The van der Waals surface area contributed by atoms with Gasteiger partial charge in [-0.05, 0) is 65.9 Å². The smallest absolute Gasteiger partial charge is 0.287 e. The molecule has 2 atom stereocenters. The predicted octanol–water partition coefficient (Wildman–Crippen LogP) is 4.74. The largest absolute Gasteiger partial charge is 0.493 e. The predicted molar refractivity (Wildman–Crippen MR) is 123 cm³/mol. The zero-order valence-corrected chi connectivity index (χ0v) is 19.1. The molecule has 1 aromatic heterocycles. The summed E-state index contributed by atoms with van der Waals surface area (Å²) < 4.78 is 29.9. The van der Waals surface area contributed by atoms with Gasteiger partial charge in [-0.15, -0.1) is 0 Å². The Morgan fingerprint density at radius 3 is 2.55 bits per heavy atom. The van der Waals surface area contributed by atoms with Gasteiger partial charge in [-0.25, -0.2) is 4.39 Å². The van der Waals surface area contributed by atoms with Crippen molar-refractivity contribution in [1.29, 1.82) is 0 Å². The monoisotopic (exact) mass is 452 g/mol. The van der Waals surface area contributed by atoms with Gasteiger partial charge in [0.1, 0.15) is 5.82 Å². The van der Waals surface area contributed by atoms with Crippen LogP contribution in [0.4, 0.5) is 4.39 Å². The lowest BCUT2D eigenvalue weighted by Crippen LogP contribution is -2.48. The average molecular weight is 453 g/mol. The summed E-state index contributed by atoms with van der Waals surface area (Å²) in [5.74, 6) is 1.11. The van der Waals surface area contributed by atoms with Crippen LogP contribution in [0, 0.1) is 5.82 Å². The van der Waals surface area contributed by atoms with Gasteiger partial charge in [0.2, 0.25) is 0 Å². The molecule has 0 saturated heterocycles. The fourth-order valence-corrected chi connectivity index (χ4v) is 4.55. The number of hydrogen-bond donors (Lipinski definition) is 1. The summed E-state index contributed by atoms with van der Waals surface area (Å²) in [6, 6.07) is 13.7. The zero-order valence-electron chi connectivity index (χ0n) is 19.1. The highest BCUT2D eigenvalue weighted by Gasteiger charge is 2.35. The number of furan rings is 1. The molecule has 0 aliphatic carbocycles. The van der Waals surface area contributed by atoms with E-state index in [4.69, 9.17) is 13.9 Å². The Morgan fingerprint density at radius 2 is 1.91 bits per heavy atom. The number of halogens is 1. The first-order valence-corrected chi connectivity index (χ1v) is 11.1. The number of hydrogen-bond acceptors (Lipinski definition) is 5. The van der Waals surface area contributed by atoms with Crippen molar-refractivity contribution in [3.8, 4) is 11.5 Å². The van der Waals surface area contributed by atoms with Crippen LogP contribution in [-0.2, 0) is 13.0 Å². The van der Waals surface area contributed by atoms with Crippen LogP contribution in [0.5, 0.6) is 11.5 Å². The third kappa shape index (κ3) is 4.88. The number of ether oxygens (including phenoxy) is 2. The molecule has 2 aromatic carbocycles. The molecule has 0 unspecified atom stereocenters. The van der Waals surface area contributed by atoms with Crippen molar-refractivity contribution in [3.63, 3.8) is 0 Å². The topological polar surface area (TPSA) is 63.9 Å². The molecule has 3 aromatic rings. The van der Waals surface area contributed by atoms with Gasteiger partial charge in [-0.3, -0.25) is 9.69 Å². The standard InChI is InChI=1S/C26H29FN2O4/c1-4-21(28-26(30)22-6-5-13-33-22)25-20-15-24(32-3)23(31-2)14-18(20)11-12-29(25)16-17-7-9-19(27)10-8-17/h5-10,13-15,21,25H,4,11-12,16H2,1-3H3,(H,28,30)/t21-,25+/m0/s1. The van der Waals surface area contributed by atoms with Gasteiger partial charge in [0.25, 0.3) is 5.91 Å². The average Bonchev–Trinajstić information content (AvgIpc) is 3.38. The molecule has 4 rings (SSSR count). The van der Waals surface area contributed by atoms with E-state index >= 15 is 0 Å². The quantitative estimate of drug-likeness (QED) is 0.535. The third-order valence-electron chi connectivity index (χ3n) is 6.21. The minimum Gasteiger partial charge on any atom is -0.493 e. The SMILES string of the molecule is CC[C@H](NC(=O)c1ccco1)[C@H]1c2cc(OC)c(OC)cc2CCN1Cc1ccc(F)cc1. The molecule has 0 bridgehead atoms. The van der Waals surface area contributed by atoms with Crippen molar-refractivity contribution in [1.82, 2.24) is 10.2 Å². The second-order valence-electron chi connectivity index (χ2n) is 8.16. The Hall–Kier alpha value is -3.32. The molecule has 1 aliphatic heterocycles. The van der Waals surface area contributed by atoms with Crippen LogP contribution in [0.3, 0.4) is 0 Å². The first kappa shape index (κ1) is 22.9. The number of nitrogens with zero attached hydrogens (tertiary/aromatic N) is 1. The molecule has 6 nitrogen and oxygen atoms in total. The molecule has 7 heteroatoms. The summed E-state index contributed by atoms with van der Waals surface area (Å²) in [6.45, 7) is 3.47. The Kier molecular flexibility index (Phi) is 6.99. The highest BCUT2D eigenvalue weighted by molar-refractivity contribution is 5.91. The molecule has 174 valence electrons. The van der Waals surface area contributed by atoms with Crippen LogP contribution in [0.15, 0.2) is 59.2 Å². The lowest BCUT2D eigenvalue weighted by molar-refractivity contribution is 0.0833. The van der Waals surface area contributed by atoms with E-state index in [1.165, 1.54) is 24.0 Å². The third-order valence-corrected chi connectivity index (χ3v) is 6.21.